The zero-order valence-corrected chi connectivity index (χ0v) is 12.4. The quantitative estimate of drug-likeness (QED) is 0.778. The molecule has 0 aliphatic heterocycles. The first kappa shape index (κ1) is 16.0. The number of benzene rings is 1. The Hall–Kier alpha value is -2.90. The van der Waals surface area contributed by atoms with Crippen molar-refractivity contribution < 1.29 is 17.9 Å². The van der Waals surface area contributed by atoms with E-state index in [0.717, 1.165) is 5.69 Å². The van der Waals surface area contributed by atoms with Crippen LogP contribution in [0.25, 0.3) is 0 Å². The highest BCUT2D eigenvalue weighted by Crippen LogP contribution is 2.23. The van der Waals surface area contributed by atoms with Gasteiger partial charge in [0.25, 0.3) is 0 Å². The fourth-order valence-electron chi connectivity index (χ4n) is 2.20. The van der Waals surface area contributed by atoms with Crippen LogP contribution >= 0.6 is 0 Å². The normalized spacial score (nSPS) is 11.5. The van der Waals surface area contributed by atoms with Gasteiger partial charge in [-0.2, -0.15) is 5.10 Å². The van der Waals surface area contributed by atoms with Gasteiger partial charge < -0.3 is 4.74 Å². The van der Waals surface area contributed by atoms with Crippen molar-refractivity contribution in [3.63, 3.8) is 0 Å². The highest BCUT2D eigenvalue weighted by atomic mass is 19.4. The molecule has 0 aliphatic rings. The van der Waals surface area contributed by atoms with Crippen molar-refractivity contribution in [3.8, 4) is 5.75 Å². The van der Waals surface area contributed by atoms with Crippen molar-refractivity contribution in [2.24, 2.45) is 0 Å². The van der Waals surface area contributed by atoms with Gasteiger partial charge in [-0.1, -0.05) is 18.2 Å². The summed E-state index contributed by atoms with van der Waals surface area (Å²) in [6.45, 7) is 0. The lowest BCUT2D eigenvalue weighted by atomic mass is 10.1. The van der Waals surface area contributed by atoms with Gasteiger partial charge in [0.05, 0.1) is 6.42 Å². The third-order valence-corrected chi connectivity index (χ3v) is 3.15. The minimum absolute atomic E-state index is 0.256. The van der Waals surface area contributed by atoms with Crippen LogP contribution in [0, 0.1) is 0 Å². The van der Waals surface area contributed by atoms with Crippen molar-refractivity contribution >= 4 is 0 Å². The molecule has 0 saturated carbocycles. The van der Waals surface area contributed by atoms with E-state index in [9.17, 15) is 13.2 Å². The Morgan fingerprint density at radius 1 is 1.04 bits per heavy atom. The second-order valence-corrected chi connectivity index (χ2v) is 5.07. The molecule has 0 saturated heterocycles. The monoisotopic (exact) mass is 334 g/mol. The van der Waals surface area contributed by atoms with Gasteiger partial charge in [0.15, 0.2) is 5.82 Å². The Morgan fingerprint density at radius 3 is 2.67 bits per heavy atom. The minimum Gasteiger partial charge on any atom is -0.406 e. The molecule has 0 atom stereocenters. The topological polar surface area (TPSA) is 63.7 Å². The third-order valence-electron chi connectivity index (χ3n) is 3.15. The summed E-state index contributed by atoms with van der Waals surface area (Å²) < 4.78 is 40.7. The SMILES string of the molecule is FC(F)(F)Oc1cccc(Cc2nc(Cc3ccccn3)n[nH]2)c1. The molecule has 2 heterocycles. The zero-order chi connectivity index (χ0) is 17.0. The predicted molar refractivity (Wildman–Crippen MR) is 79.4 cm³/mol. The largest absolute Gasteiger partial charge is 0.573 e. The summed E-state index contributed by atoms with van der Waals surface area (Å²) in [5.41, 5.74) is 1.47. The van der Waals surface area contributed by atoms with Crippen LogP contribution in [0.2, 0.25) is 0 Å². The van der Waals surface area contributed by atoms with Crippen molar-refractivity contribution in [2.75, 3.05) is 0 Å². The van der Waals surface area contributed by atoms with Crippen LogP contribution in [0.3, 0.4) is 0 Å². The molecule has 24 heavy (non-hydrogen) atoms. The number of hydrogen-bond donors (Lipinski definition) is 1. The predicted octanol–water partition coefficient (Wildman–Crippen LogP) is 3.28. The molecule has 0 unspecified atom stereocenters. The molecule has 1 N–H and O–H groups in total. The van der Waals surface area contributed by atoms with Crippen LogP contribution < -0.4 is 4.74 Å². The Morgan fingerprint density at radius 2 is 1.92 bits per heavy atom. The summed E-state index contributed by atoms with van der Waals surface area (Å²) in [7, 11) is 0. The van der Waals surface area contributed by atoms with Crippen LogP contribution in [0.1, 0.15) is 22.9 Å². The van der Waals surface area contributed by atoms with E-state index in [4.69, 9.17) is 0 Å². The standard InChI is InChI=1S/C16H13F3N4O/c17-16(18,19)24-13-6-3-4-11(8-13)9-14-21-15(23-22-14)10-12-5-1-2-7-20-12/h1-8H,9-10H2,(H,21,22,23). The molecule has 1 aromatic carbocycles. The number of nitrogens with one attached hydrogen (secondary N) is 1. The van der Waals surface area contributed by atoms with Crippen LogP contribution in [0.15, 0.2) is 48.7 Å². The van der Waals surface area contributed by atoms with Crippen LogP contribution in [-0.2, 0) is 12.8 Å². The lowest BCUT2D eigenvalue weighted by molar-refractivity contribution is -0.274. The molecule has 124 valence electrons. The van der Waals surface area contributed by atoms with Crippen molar-refractivity contribution in [1.82, 2.24) is 20.2 Å². The first-order valence-electron chi connectivity index (χ1n) is 7.13. The second-order valence-electron chi connectivity index (χ2n) is 5.07. The van der Waals surface area contributed by atoms with Crippen molar-refractivity contribution in [2.45, 2.75) is 19.2 Å². The first-order valence-corrected chi connectivity index (χ1v) is 7.13. The molecule has 0 amide bonds. The number of aromatic nitrogens is 4. The summed E-state index contributed by atoms with van der Waals surface area (Å²) in [4.78, 5) is 8.53. The third kappa shape index (κ3) is 4.55. The van der Waals surface area contributed by atoms with Gasteiger partial charge in [0.2, 0.25) is 0 Å². The smallest absolute Gasteiger partial charge is 0.406 e. The van der Waals surface area contributed by atoms with E-state index in [0.29, 0.717) is 30.1 Å². The average Bonchev–Trinajstić information content (AvgIpc) is 2.94. The highest BCUT2D eigenvalue weighted by Gasteiger charge is 2.31. The summed E-state index contributed by atoms with van der Waals surface area (Å²) in [6, 6.07) is 11.4. The maximum Gasteiger partial charge on any atom is 0.573 e. The molecule has 0 spiro atoms. The molecule has 0 fully saturated rings. The fraction of sp³-hybridized carbons (Fsp3) is 0.188. The summed E-state index contributed by atoms with van der Waals surface area (Å²) in [5, 5.41) is 6.89. The van der Waals surface area contributed by atoms with E-state index in [1.54, 1.807) is 12.3 Å². The Kier molecular flexibility index (Phi) is 4.45. The van der Waals surface area contributed by atoms with Gasteiger partial charge in [-0.15, -0.1) is 13.2 Å². The fourth-order valence-corrected chi connectivity index (χ4v) is 2.20. The number of hydrogen-bond acceptors (Lipinski definition) is 4. The lowest BCUT2D eigenvalue weighted by Crippen LogP contribution is -2.17. The van der Waals surface area contributed by atoms with Crippen LogP contribution in [-0.4, -0.2) is 26.5 Å². The summed E-state index contributed by atoms with van der Waals surface area (Å²) in [6.07, 6.45) is -2.21. The number of H-pyrrole nitrogens is 1. The second kappa shape index (κ2) is 6.69. The number of ether oxygens (including phenoxy) is 1. The molecule has 0 aliphatic carbocycles. The highest BCUT2D eigenvalue weighted by molar-refractivity contribution is 5.30. The number of pyridine rings is 1. The van der Waals surface area contributed by atoms with Gasteiger partial charge in [-0.05, 0) is 29.8 Å². The molecule has 0 radical (unpaired) electrons. The maximum atomic E-state index is 12.3. The lowest BCUT2D eigenvalue weighted by Gasteiger charge is -2.09. The van der Waals surface area contributed by atoms with Gasteiger partial charge in [0.1, 0.15) is 11.6 Å². The minimum atomic E-state index is -4.71. The van der Waals surface area contributed by atoms with E-state index in [1.165, 1.54) is 18.2 Å². The number of halogens is 3. The van der Waals surface area contributed by atoms with Gasteiger partial charge in [-0.3, -0.25) is 10.1 Å². The zero-order valence-electron chi connectivity index (χ0n) is 12.4. The molecule has 8 heteroatoms. The molecule has 0 bridgehead atoms. The van der Waals surface area contributed by atoms with Crippen LogP contribution in [0.5, 0.6) is 5.75 Å². The van der Waals surface area contributed by atoms with Crippen molar-refractivity contribution in [1.29, 1.82) is 0 Å². The number of nitrogens with zero attached hydrogens (tertiary/aromatic N) is 3. The van der Waals surface area contributed by atoms with Crippen molar-refractivity contribution in [3.05, 3.63) is 71.6 Å². The number of rotatable bonds is 5. The van der Waals surface area contributed by atoms with Gasteiger partial charge >= 0.3 is 6.36 Å². The first-order chi connectivity index (χ1) is 11.5. The molecule has 2 aromatic heterocycles. The summed E-state index contributed by atoms with van der Waals surface area (Å²) in [5.74, 6) is 0.879. The van der Waals surface area contributed by atoms with Crippen LogP contribution in [0.4, 0.5) is 13.2 Å². The van der Waals surface area contributed by atoms with E-state index in [-0.39, 0.29) is 5.75 Å². The Balaban J connectivity index is 1.67. The Bertz CT molecular complexity index is 802. The van der Waals surface area contributed by atoms with E-state index in [2.05, 4.69) is 24.9 Å². The number of aromatic amines is 1. The van der Waals surface area contributed by atoms with E-state index >= 15 is 0 Å². The van der Waals surface area contributed by atoms with E-state index in [1.807, 2.05) is 18.2 Å². The summed E-state index contributed by atoms with van der Waals surface area (Å²) >= 11 is 0. The van der Waals surface area contributed by atoms with Gasteiger partial charge in [-0.25, -0.2) is 4.98 Å². The van der Waals surface area contributed by atoms with Gasteiger partial charge in [0, 0.05) is 18.3 Å². The van der Waals surface area contributed by atoms with E-state index < -0.39 is 6.36 Å². The maximum absolute atomic E-state index is 12.3. The average molecular weight is 334 g/mol. The molecule has 5 nitrogen and oxygen atoms in total. The molecule has 3 rings (SSSR count). The molecular weight excluding hydrogens is 321 g/mol. The Labute approximate surface area is 135 Å². The molecular formula is C16H13F3N4O. The number of alkyl halides is 3. The molecule has 3 aromatic rings.